The Hall–Kier alpha value is -1.29. The normalized spacial score (nSPS) is 10.7. The highest BCUT2D eigenvalue weighted by molar-refractivity contribution is 5.40. The minimum Gasteiger partial charge on any atom is -0.383 e. The van der Waals surface area contributed by atoms with Gasteiger partial charge in [0.2, 0.25) is 0 Å². The molecule has 0 aliphatic carbocycles. The number of nitrogens with zero attached hydrogens (tertiary/aromatic N) is 1. The third kappa shape index (κ3) is 3.40. The zero-order chi connectivity index (χ0) is 11.3. The maximum atomic E-state index is 11.9. The zero-order valence-corrected chi connectivity index (χ0v) is 9.49. The molecule has 0 amide bonds. The predicted molar refractivity (Wildman–Crippen MR) is 61.3 cm³/mol. The molecule has 15 heavy (non-hydrogen) atoms. The highest BCUT2D eigenvalue weighted by atomic mass is 16.5. The molecule has 0 aliphatic heterocycles. The van der Waals surface area contributed by atoms with E-state index in [9.17, 15) is 4.79 Å². The van der Waals surface area contributed by atoms with Crippen molar-refractivity contribution >= 4 is 5.69 Å². The molecule has 1 heterocycles. The van der Waals surface area contributed by atoms with E-state index in [1.54, 1.807) is 23.9 Å². The largest absolute Gasteiger partial charge is 0.383 e. The smallest absolute Gasteiger partial charge is 0.273 e. The molecular weight excluding hydrogens is 192 g/mol. The van der Waals surface area contributed by atoms with E-state index in [0.29, 0.717) is 18.8 Å². The van der Waals surface area contributed by atoms with Gasteiger partial charge in [0, 0.05) is 25.9 Å². The molecule has 0 atom stereocenters. The Morgan fingerprint density at radius 1 is 1.53 bits per heavy atom. The van der Waals surface area contributed by atoms with Gasteiger partial charge in [-0.15, -0.1) is 0 Å². The fourth-order valence-corrected chi connectivity index (χ4v) is 1.32. The van der Waals surface area contributed by atoms with E-state index in [4.69, 9.17) is 4.74 Å². The summed E-state index contributed by atoms with van der Waals surface area (Å²) in [6.45, 7) is 5.14. The van der Waals surface area contributed by atoms with E-state index in [0.717, 1.165) is 0 Å². The van der Waals surface area contributed by atoms with Gasteiger partial charge in [0.1, 0.15) is 5.69 Å². The number of rotatable bonds is 5. The van der Waals surface area contributed by atoms with Gasteiger partial charge in [0.05, 0.1) is 6.61 Å². The van der Waals surface area contributed by atoms with Crippen molar-refractivity contribution in [3.63, 3.8) is 0 Å². The van der Waals surface area contributed by atoms with E-state index in [1.165, 1.54) is 0 Å². The third-order valence-corrected chi connectivity index (χ3v) is 2.00. The summed E-state index contributed by atoms with van der Waals surface area (Å²) < 4.78 is 6.59. The fourth-order valence-electron chi connectivity index (χ4n) is 1.32. The number of hydrogen-bond donors (Lipinski definition) is 1. The molecule has 0 aromatic carbocycles. The van der Waals surface area contributed by atoms with Crippen molar-refractivity contribution in [3.05, 3.63) is 28.7 Å². The average molecular weight is 210 g/mol. The van der Waals surface area contributed by atoms with E-state index in [-0.39, 0.29) is 11.6 Å². The van der Waals surface area contributed by atoms with E-state index >= 15 is 0 Å². The highest BCUT2D eigenvalue weighted by Crippen LogP contribution is 2.00. The summed E-state index contributed by atoms with van der Waals surface area (Å²) in [5.74, 6) is 0. The van der Waals surface area contributed by atoms with Crippen LogP contribution in [-0.2, 0) is 11.3 Å². The van der Waals surface area contributed by atoms with Gasteiger partial charge in [0.15, 0.2) is 0 Å². The Balaban J connectivity index is 2.85. The second kappa shape index (κ2) is 5.56. The van der Waals surface area contributed by atoms with Gasteiger partial charge in [-0.25, -0.2) is 0 Å². The van der Waals surface area contributed by atoms with Crippen LogP contribution in [0.1, 0.15) is 13.8 Å². The van der Waals surface area contributed by atoms with Gasteiger partial charge >= 0.3 is 0 Å². The molecular formula is C11H18N2O2. The first kappa shape index (κ1) is 11.8. The van der Waals surface area contributed by atoms with E-state index in [1.807, 2.05) is 19.9 Å². The van der Waals surface area contributed by atoms with Crippen LogP contribution < -0.4 is 10.9 Å². The van der Waals surface area contributed by atoms with Crippen molar-refractivity contribution in [2.45, 2.75) is 26.4 Å². The second-order valence-corrected chi connectivity index (χ2v) is 3.71. The van der Waals surface area contributed by atoms with Crippen molar-refractivity contribution in [1.82, 2.24) is 4.57 Å². The molecule has 4 nitrogen and oxygen atoms in total. The summed E-state index contributed by atoms with van der Waals surface area (Å²) >= 11 is 0. The predicted octanol–water partition coefficient (Wildman–Crippen LogP) is 1.31. The number of anilines is 1. The molecule has 0 aliphatic rings. The van der Waals surface area contributed by atoms with Crippen LogP contribution >= 0.6 is 0 Å². The SMILES string of the molecule is COCCn1cccc(NC(C)C)c1=O. The van der Waals surface area contributed by atoms with Crippen molar-refractivity contribution in [3.8, 4) is 0 Å². The minimum absolute atomic E-state index is 0.00301. The van der Waals surface area contributed by atoms with Crippen LogP contribution in [0.3, 0.4) is 0 Å². The summed E-state index contributed by atoms with van der Waals surface area (Å²) in [7, 11) is 1.63. The van der Waals surface area contributed by atoms with Gasteiger partial charge in [-0.1, -0.05) is 0 Å². The highest BCUT2D eigenvalue weighted by Gasteiger charge is 2.03. The molecule has 1 N–H and O–H groups in total. The number of pyridine rings is 1. The lowest BCUT2D eigenvalue weighted by molar-refractivity contribution is 0.186. The topological polar surface area (TPSA) is 43.3 Å². The standard InChI is InChI=1S/C11H18N2O2/c1-9(2)12-10-5-4-6-13(11(10)14)7-8-15-3/h4-6,9,12H,7-8H2,1-3H3. The Bertz CT molecular complexity index is 358. The first-order valence-electron chi connectivity index (χ1n) is 5.10. The van der Waals surface area contributed by atoms with Gasteiger partial charge in [0.25, 0.3) is 5.56 Å². The number of hydrogen-bond acceptors (Lipinski definition) is 3. The maximum Gasteiger partial charge on any atom is 0.273 e. The molecule has 0 bridgehead atoms. The Morgan fingerprint density at radius 3 is 2.87 bits per heavy atom. The van der Waals surface area contributed by atoms with Gasteiger partial charge in [-0.05, 0) is 26.0 Å². The number of ether oxygens (including phenoxy) is 1. The summed E-state index contributed by atoms with van der Waals surface area (Å²) in [6.07, 6.45) is 1.77. The van der Waals surface area contributed by atoms with Crippen molar-refractivity contribution in [2.75, 3.05) is 19.0 Å². The lowest BCUT2D eigenvalue weighted by Crippen LogP contribution is -2.26. The molecule has 0 unspecified atom stereocenters. The first-order valence-corrected chi connectivity index (χ1v) is 5.10. The molecule has 1 rings (SSSR count). The van der Waals surface area contributed by atoms with Gasteiger partial charge in [-0.3, -0.25) is 4.79 Å². The first-order chi connectivity index (χ1) is 7.15. The van der Waals surface area contributed by atoms with Crippen LogP contribution in [0.5, 0.6) is 0 Å². The van der Waals surface area contributed by atoms with Gasteiger partial charge in [-0.2, -0.15) is 0 Å². The third-order valence-electron chi connectivity index (χ3n) is 2.00. The number of aromatic nitrogens is 1. The molecule has 0 spiro atoms. The molecule has 0 saturated carbocycles. The van der Waals surface area contributed by atoms with Crippen molar-refractivity contribution in [1.29, 1.82) is 0 Å². The summed E-state index contributed by atoms with van der Waals surface area (Å²) in [5, 5.41) is 3.12. The van der Waals surface area contributed by atoms with E-state index in [2.05, 4.69) is 5.32 Å². The molecule has 0 fully saturated rings. The molecule has 0 saturated heterocycles. The molecule has 1 aromatic heterocycles. The Kier molecular flexibility index (Phi) is 4.37. The minimum atomic E-state index is 0.00301. The average Bonchev–Trinajstić information content (AvgIpc) is 2.19. The molecule has 4 heteroatoms. The summed E-state index contributed by atoms with van der Waals surface area (Å²) in [6, 6.07) is 3.92. The quantitative estimate of drug-likeness (QED) is 0.797. The van der Waals surface area contributed by atoms with Crippen LogP contribution in [0, 0.1) is 0 Å². The maximum absolute atomic E-state index is 11.9. The number of nitrogens with one attached hydrogen (secondary N) is 1. The monoisotopic (exact) mass is 210 g/mol. The van der Waals surface area contributed by atoms with Crippen LogP contribution in [0.4, 0.5) is 5.69 Å². The van der Waals surface area contributed by atoms with Crippen molar-refractivity contribution < 1.29 is 4.74 Å². The molecule has 0 radical (unpaired) electrons. The van der Waals surface area contributed by atoms with Crippen molar-refractivity contribution in [2.24, 2.45) is 0 Å². The second-order valence-electron chi connectivity index (χ2n) is 3.71. The lowest BCUT2D eigenvalue weighted by atomic mass is 10.3. The van der Waals surface area contributed by atoms with Crippen LogP contribution in [0.2, 0.25) is 0 Å². The zero-order valence-electron chi connectivity index (χ0n) is 9.49. The summed E-state index contributed by atoms with van der Waals surface area (Å²) in [4.78, 5) is 11.9. The van der Waals surface area contributed by atoms with Crippen LogP contribution in [0.25, 0.3) is 0 Å². The fraction of sp³-hybridized carbons (Fsp3) is 0.545. The van der Waals surface area contributed by atoms with E-state index < -0.39 is 0 Å². The van der Waals surface area contributed by atoms with Crippen LogP contribution in [0.15, 0.2) is 23.1 Å². The van der Waals surface area contributed by atoms with Crippen LogP contribution in [-0.4, -0.2) is 24.3 Å². The number of methoxy groups -OCH3 is 1. The Morgan fingerprint density at radius 2 is 2.27 bits per heavy atom. The lowest BCUT2D eigenvalue weighted by Gasteiger charge is -2.11. The molecule has 84 valence electrons. The summed E-state index contributed by atoms with van der Waals surface area (Å²) in [5.41, 5.74) is 0.645. The molecule has 1 aromatic rings. The Labute approximate surface area is 89.9 Å². The van der Waals surface area contributed by atoms with Gasteiger partial charge < -0.3 is 14.6 Å².